The van der Waals surface area contributed by atoms with Crippen LogP contribution in [0.2, 0.25) is 0 Å². The number of nitrogens with zero attached hydrogens (tertiary/aromatic N) is 1. The minimum atomic E-state index is -1.14. The van der Waals surface area contributed by atoms with Gasteiger partial charge in [0.2, 0.25) is 0 Å². The molecule has 2 aromatic carbocycles. The van der Waals surface area contributed by atoms with Crippen LogP contribution in [0.25, 0.3) is 0 Å². The Hall–Kier alpha value is -2.50. The molecule has 2 rings (SSSR count). The number of hydrogen-bond donors (Lipinski definition) is 1. The van der Waals surface area contributed by atoms with Crippen molar-refractivity contribution < 1.29 is 18.0 Å². The van der Waals surface area contributed by atoms with Gasteiger partial charge in [0.25, 0.3) is 5.91 Å². The average molecular weight is 294 g/mol. The van der Waals surface area contributed by atoms with Gasteiger partial charge in [-0.25, -0.2) is 13.2 Å². The van der Waals surface area contributed by atoms with Gasteiger partial charge in [-0.15, -0.1) is 0 Å². The van der Waals surface area contributed by atoms with Gasteiger partial charge in [-0.05, 0) is 23.8 Å². The van der Waals surface area contributed by atoms with E-state index >= 15 is 0 Å². The summed E-state index contributed by atoms with van der Waals surface area (Å²) in [5.74, 6) is -3.17. The highest BCUT2D eigenvalue weighted by Gasteiger charge is 2.18. The molecule has 2 N–H and O–H groups in total. The lowest BCUT2D eigenvalue weighted by Gasteiger charge is -2.18. The predicted molar refractivity (Wildman–Crippen MR) is 73.0 cm³/mol. The first-order chi connectivity index (χ1) is 9.88. The van der Waals surface area contributed by atoms with E-state index in [1.165, 1.54) is 36.2 Å². The van der Waals surface area contributed by atoms with Crippen LogP contribution in [-0.4, -0.2) is 17.9 Å². The third kappa shape index (κ3) is 3.34. The summed E-state index contributed by atoms with van der Waals surface area (Å²) in [4.78, 5) is 13.5. The summed E-state index contributed by atoms with van der Waals surface area (Å²) in [6.45, 7) is 0.192. The van der Waals surface area contributed by atoms with Crippen LogP contribution < -0.4 is 5.73 Å². The lowest BCUT2D eigenvalue weighted by Crippen LogP contribution is -2.27. The Kier molecular flexibility index (Phi) is 4.16. The van der Waals surface area contributed by atoms with E-state index in [-0.39, 0.29) is 23.6 Å². The van der Waals surface area contributed by atoms with Gasteiger partial charge in [-0.2, -0.15) is 0 Å². The molecule has 0 saturated heterocycles. The minimum absolute atomic E-state index is 0.112. The number of halogens is 3. The average Bonchev–Trinajstić information content (AvgIpc) is 2.44. The molecule has 0 fully saturated rings. The SMILES string of the molecule is CN(Cc1ccc(F)cc1)C(=O)c1cc(F)c(F)cc1N. The molecule has 0 radical (unpaired) electrons. The van der Waals surface area contributed by atoms with E-state index in [1.54, 1.807) is 0 Å². The number of carbonyl (C=O) groups excluding carboxylic acids is 1. The second kappa shape index (κ2) is 5.87. The van der Waals surface area contributed by atoms with Gasteiger partial charge >= 0.3 is 0 Å². The standard InChI is InChI=1S/C15H13F3N2O/c1-20(8-9-2-4-10(16)5-3-9)15(21)11-6-12(17)13(18)7-14(11)19/h2-7H,8,19H2,1H3. The zero-order chi connectivity index (χ0) is 15.6. The van der Waals surface area contributed by atoms with Crippen molar-refractivity contribution in [1.82, 2.24) is 4.90 Å². The van der Waals surface area contributed by atoms with Crippen LogP contribution in [-0.2, 0) is 6.54 Å². The summed E-state index contributed by atoms with van der Waals surface area (Å²) in [7, 11) is 1.49. The smallest absolute Gasteiger partial charge is 0.256 e. The van der Waals surface area contributed by atoms with Crippen LogP contribution in [0, 0.1) is 17.5 Å². The third-order valence-corrected chi connectivity index (χ3v) is 3.00. The maximum absolute atomic E-state index is 13.2. The molecule has 2 aromatic rings. The van der Waals surface area contributed by atoms with Gasteiger partial charge in [-0.3, -0.25) is 4.79 Å². The Morgan fingerprint density at radius 2 is 1.67 bits per heavy atom. The molecule has 0 aliphatic heterocycles. The summed E-state index contributed by atoms with van der Waals surface area (Å²) in [6.07, 6.45) is 0. The van der Waals surface area contributed by atoms with Crippen LogP contribution in [0.3, 0.4) is 0 Å². The number of nitrogen functional groups attached to an aromatic ring is 1. The quantitative estimate of drug-likeness (QED) is 0.885. The third-order valence-electron chi connectivity index (χ3n) is 3.00. The fraction of sp³-hybridized carbons (Fsp3) is 0.133. The topological polar surface area (TPSA) is 46.3 Å². The first kappa shape index (κ1) is 14.9. The van der Waals surface area contributed by atoms with E-state index in [4.69, 9.17) is 5.73 Å². The van der Waals surface area contributed by atoms with Crippen molar-refractivity contribution in [3.05, 3.63) is 65.0 Å². The zero-order valence-corrected chi connectivity index (χ0v) is 11.2. The van der Waals surface area contributed by atoms with Crippen LogP contribution in [0.5, 0.6) is 0 Å². The molecule has 1 amide bonds. The molecule has 0 saturated carbocycles. The number of benzene rings is 2. The molecular formula is C15H13F3N2O. The number of amides is 1. The molecule has 3 nitrogen and oxygen atoms in total. The molecule has 0 unspecified atom stereocenters. The van der Waals surface area contributed by atoms with Crippen molar-refractivity contribution in [2.75, 3.05) is 12.8 Å². The maximum Gasteiger partial charge on any atom is 0.256 e. The zero-order valence-electron chi connectivity index (χ0n) is 11.2. The van der Waals surface area contributed by atoms with Crippen molar-refractivity contribution >= 4 is 11.6 Å². The Morgan fingerprint density at radius 3 is 2.29 bits per heavy atom. The fourth-order valence-corrected chi connectivity index (χ4v) is 1.89. The number of nitrogens with two attached hydrogens (primary N) is 1. The summed E-state index contributed by atoms with van der Waals surface area (Å²) in [5.41, 5.74) is 5.99. The molecule has 0 spiro atoms. The van der Waals surface area contributed by atoms with E-state index in [2.05, 4.69) is 0 Å². The van der Waals surface area contributed by atoms with E-state index in [9.17, 15) is 18.0 Å². The minimum Gasteiger partial charge on any atom is -0.398 e. The monoisotopic (exact) mass is 294 g/mol. The van der Waals surface area contributed by atoms with Crippen LogP contribution in [0.1, 0.15) is 15.9 Å². The summed E-state index contributed by atoms with van der Waals surface area (Å²) >= 11 is 0. The molecule has 0 bridgehead atoms. The molecule has 6 heteroatoms. The van der Waals surface area contributed by atoms with Crippen molar-refractivity contribution in [3.8, 4) is 0 Å². The van der Waals surface area contributed by atoms with Crippen molar-refractivity contribution in [1.29, 1.82) is 0 Å². The molecule has 0 heterocycles. The fourth-order valence-electron chi connectivity index (χ4n) is 1.89. The number of anilines is 1. The van der Waals surface area contributed by atoms with E-state index in [1.807, 2.05) is 0 Å². The highest BCUT2D eigenvalue weighted by Crippen LogP contribution is 2.19. The van der Waals surface area contributed by atoms with Gasteiger partial charge in [-0.1, -0.05) is 12.1 Å². The highest BCUT2D eigenvalue weighted by molar-refractivity contribution is 5.99. The van der Waals surface area contributed by atoms with E-state index in [0.717, 1.165) is 12.1 Å². The molecule has 21 heavy (non-hydrogen) atoms. The summed E-state index contributed by atoms with van der Waals surface area (Å²) < 4.78 is 39.0. The van der Waals surface area contributed by atoms with E-state index < -0.39 is 17.5 Å². The Morgan fingerprint density at radius 1 is 1.10 bits per heavy atom. The van der Waals surface area contributed by atoms with Gasteiger partial charge in [0.05, 0.1) is 5.56 Å². The number of hydrogen-bond acceptors (Lipinski definition) is 2. The maximum atomic E-state index is 13.2. The molecule has 110 valence electrons. The van der Waals surface area contributed by atoms with Crippen molar-refractivity contribution in [2.45, 2.75) is 6.54 Å². The Labute approximate surface area is 119 Å². The predicted octanol–water partition coefficient (Wildman–Crippen LogP) is 2.96. The van der Waals surface area contributed by atoms with Gasteiger partial charge in [0, 0.05) is 25.3 Å². The van der Waals surface area contributed by atoms with Gasteiger partial charge < -0.3 is 10.6 Å². The lowest BCUT2D eigenvalue weighted by molar-refractivity contribution is 0.0785. The van der Waals surface area contributed by atoms with Gasteiger partial charge in [0.1, 0.15) is 5.82 Å². The first-order valence-electron chi connectivity index (χ1n) is 6.13. The van der Waals surface area contributed by atoms with Crippen LogP contribution >= 0.6 is 0 Å². The number of carbonyl (C=O) groups is 1. The molecular weight excluding hydrogens is 281 g/mol. The number of rotatable bonds is 3. The summed E-state index contributed by atoms with van der Waals surface area (Å²) in [5, 5.41) is 0. The van der Waals surface area contributed by atoms with Crippen LogP contribution in [0.15, 0.2) is 36.4 Å². The van der Waals surface area contributed by atoms with Crippen LogP contribution in [0.4, 0.5) is 18.9 Å². The lowest BCUT2D eigenvalue weighted by atomic mass is 10.1. The molecule has 0 atom stereocenters. The Bertz CT molecular complexity index is 671. The van der Waals surface area contributed by atoms with Crippen molar-refractivity contribution in [3.63, 3.8) is 0 Å². The normalized spacial score (nSPS) is 10.5. The highest BCUT2D eigenvalue weighted by atomic mass is 19.2. The summed E-state index contributed by atoms with van der Waals surface area (Å²) in [6, 6.07) is 7.17. The van der Waals surface area contributed by atoms with Gasteiger partial charge in [0.15, 0.2) is 11.6 Å². The Balaban J connectivity index is 2.19. The second-order valence-electron chi connectivity index (χ2n) is 4.64. The van der Waals surface area contributed by atoms with Crippen molar-refractivity contribution in [2.24, 2.45) is 0 Å². The largest absolute Gasteiger partial charge is 0.398 e. The molecule has 0 aliphatic carbocycles. The molecule has 0 aromatic heterocycles. The van der Waals surface area contributed by atoms with E-state index in [0.29, 0.717) is 5.56 Å². The molecule has 0 aliphatic rings. The first-order valence-corrected chi connectivity index (χ1v) is 6.13. The second-order valence-corrected chi connectivity index (χ2v) is 4.64.